The summed E-state index contributed by atoms with van der Waals surface area (Å²) in [4.78, 5) is 13.1. The molecule has 9 nitrogen and oxygen atoms in total. The molecule has 3 aromatic rings. The number of anilines is 1. The van der Waals surface area contributed by atoms with Crippen molar-refractivity contribution in [2.24, 2.45) is 0 Å². The van der Waals surface area contributed by atoms with Crippen molar-refractivity contribution in [3.8, 4) is 5.69 Å². The molecule has 0 aliphatic rings. The minimum atomic E-state index is -0.432. The number of hydrogen-bond acceptors (Lipinski definition) is 6. The van der Waals surface area contributed by atoms with Gasteiger partial charge in [0.25, 0.3) is 11.7 Å². The molecule has 2 N–H and O–H groups in total. The van der Waals surface area contributed by atoms with Gasteiger partial charge in [-0.3, -0.25) is 4.79 Å². The molecule has 19 heavy (non-hydrogen) atoms. The Morgan fingerprint density at radius 3 is 2.53 bits per heavy atom. The Balaban J connectivity index is 1.75. The first-order valence-electron chi connectivity index (χ1n) is 5.34. The second-order valence-electron chi connectivity index (χ2n) is 3.55. The van der Waals surface area contributed by atoms with Crippen molar-refractivity contribution in [3.63, 3.8) is 0 Å². The van der Waals surface area contributed by atoms with E-state index < -0.39 is 5.91 Å². The first-order valence-corrected chi connectivity index (χ1v) is 5.34. The van der Waals surface area contributed by atoms with Crippen LogP contribution in [0.25, 0.3) is 5.69 Å². The SMILES string of the molecule is O=C(Nc1ccc(-n2nccn2)cc1)c1nn[nH]n1. The molecule has 1 amide bonds. The number of benzene rings is 1. The summed E-state index contributed by atoms with van der Waals surface area (Å²) in [5, 5.41) is 23.4. The third-order valence-corrected chi connectivity index (χ3v) is 2.32. The first kappa shape index (κ1) is 11.0. The number of rotatable bonds is 3. The predicted molar refractivity (Wildman–Crippen MR) is 63.5 cm³/mol. The monoisotopic (exact) mass is 256 g/mol. The molecule has 2 heterocycles. The van der Waals surface area contributed by atoms with Crippen LogP contribution in [0.5, 0.6) is 0 Å². The maximum absolute atomic E-state index is 11.7. The van der Waals surface area contributed by atoms with Gasteiger partial charge < -0.3 is 5.32 Å². The molecule has 0 aliphatic heterocycles. The van der Waals surface area contributed by atoms with E-state index in [0.29, 0.717) is 5.69 Å². The average molecular weight is 256 g/mol. The summed E-state index contributed by atoms with van der Waals surface area (Å²) in [6.07, 6.45) is 3.18. The summed E-state index contributed by atoms with van der Waals surface area (Å²) in [6, 6.07) is 7.03. The third kappa shape index (κ3) is 2.29. The van der Waals surface area contributed by atoms with Crippen LogP contribution < -0.4 is 5.32 Å². The largest absolute Gasteiger partial charge is 0.319 e. The Kier molecular flexibility index (Phi) is 2.69. The topological polar surface area (TPSA) is 114 Å². The second kappa shape index (κ2) is 4.64. The number of nitrogens with zero attached hydrogens (tertiary/aromatic N) is 6. The van der Waals surface area contributed by atoms with E-state index in [4.69, 9.17) is 0 Å². The fourth-order valence-electron chi connectivity index (χ4n) is 1.47. The van der Waals surface area contributed by atoms with E-state index in [1.807, 2.05) is 0 Å². The number of carbonyl (C=O) groups excluding carboxylic acids is 1. The van der Waals surface area contributed by atoms with Crippen molar-refractivity contribution in [1.29, 1.82) is 0 Å². The van der Waals surface area contributed by atoms with Gasteiger partial charge in [-0.25, -0.2) is 0 Å². The summed E-state index contributed by atoms with van der Waals surface area (Å²) in [6.45, 7) is 0. The lowest BCUT2D eigenvalue weighted by Gasteiger charge is -2.03. The highest BCUT2D eigenvalue weighted by Crippen LogP contribution is 2.12. The lowest BCUT2D eigenvalue weighted by Crippen LogP contribution is -2.13. The van der Waals surface area contributed by atoms with Crippen LogP contribution in [0, 0.1) is 0 Å². The quantitative estimate of drug-likeness (QED) is 0.683. The Morgan fingerprint density at radius 2 is 1.89 bits per heavy atom. The van der Waals surface area contributed by atoms with Crippen molar-refractivity contribution >= 4 is 11.6 Å². The van der Waals surface area contributed by atoms with E-state index in [-0.39, 0.29) is 5.82 Å². The molecule has 0 atom stereocenters. The molecule has 0 saturated carbocycles. The molecule has 3 rings (SSSR count). The fourth-order valence-corrected chi connectivity index (χ4v) is 1.47. The van der Waals surface area contributed by atoms with Gasteiger partial charge in [-0.1, -0.05) is 0 Å². The Morgan fingerprint density at radius 1 is 1.16 bits per heavy atom. The molecule has 0 saturated heterocycles. The molecule has 0 radical (unpaired) electrons. The molecule has 1 aromatic carbocycles. The molecule has 94 valence electrons. The number of nitrogens with one attached hydrogen (secondary N) is 2. The smallest absolute Gasteiger partial charge is 0.297 e. The van der Waals surface area contributed by atoms with Gasteiger partial charge >= 0.3 is 0 Å². The number of H-pyrrole nitrogens is 1. The average Bonchev–Trinajstić information content (AvgIpc) is 3.13. The first-order chi connectivity index (χ1) is 9.33. The van der Waals surface area contributed by atoms with Gasteiger partial charge in [0.05, 0.1) is 18.1 Å². The van der Waals surface area contributed by atoms with Crippen LogP contribution in [-0.4, -0.2) is 41.5 Å². The third-order valence-electron chi connectivity index (χ3n) is 2.32. The van der Waals surface area contributed by atoms with E-state index >= 15 is 0 Å². The van der Waals surface area contributed by atoms with E-state index in [0.717, 1.165) is 5.69 Å². The van der Waals surface area contributed by atoms with Crippen molar-refractivity contribution in [2.75, 3.05) is 5.32 Å². The molecule has 0 spiro atoms. The van der Waals surface area contributed by atoms with Gasteiger partial charge in [0.1, 0.15) is 0 Å². The zero-order chi connectivity index (χ0) is 13.1. The zero-order valence-corrected chi connectivity index (χ0v) is 9.56. The van der Waals surface area contributed by atoms with E-state index in [1.54, 1.807) is 36.7 Å². The van der Waals surface area contributed by atoms with Crippen LogP contribution in [0.15, 0.2) is 36.7 Å². The summed E-state index contributed by atoms with van der Waals surface area (Å²) in [5.74, 6) is -0.448. The normalized spacial score (nSPS) is 10.3. The number of carbonyl (C=O) groups is 1. The van der Waals surface area contributed by atoms with Crippen molar-refractivity contribution < 1.29 is 4.79 Å². The number of aromatic nitrogens is 7. The van der Waals surface area contributed by atoms with Crippen molar-refractivity contribution in [3.05, 3.63) is 42.5 Å². The summed E-state index contributed by atoms with van der Waals surface area (Å²) >= 11 is 0. The molecule has 0 aliphatic carbocycles. The van der Waals surface area contributed by atoms with E-state index in [9.17, 15) is 4.79 Å². The van der Waals surface area contributed by atoms with Crippen LogP contribution in [0.2, 0.25) is 0 Å². The predicted octanol–water partition coefficient (Wildman–Crippen LogP) is 0.0327. The van der Waals surface area contributed by atoms with Gasteiger partial charge in [0, 0.05) is 5.69 Å². The Hall–Kier alpha value is -3.10. The van der Waals surface area contributed by atoms with Crippen molar-refractivity contribution in [1.82, 2.24) is 35.6 Å². The van der Waals surface area contributed by atoms with Gasteiger partial charge in [0.2, 0.25) is 0 Å². The molecular formula is C10H8N8O. The number of aromatic amines is 1. The maximum Gasteiger partial charge on any atom is 0.297 e. The summed E-state index contributed by atoms with van der Waals surface area (Å²) in [7, 11) is 0. The van der Waals surface area contributed by atoms with Crippen LogP contribution in [0.3, 0.4) is 0 Å². The van der Waals surface area contributed by atoms with E-state index in [2.05, 4.69) is 36.1 Å². The van der Waals surface area contributed by atoms with Gasteiger partial charge in [0.15, 0.2) is 0 Å². The molecule has 9 heteroatoms. The molecule has 2 aromatic heterocycles. The highest BCUT2D eigenvalue weighted by Gasteiger charge is 2.10. The minimum absolute atomic E-state index is 0.0159. The van der Waals surface area contributed by atoms with Crippen LogP contribution in [-0.2, 0) is 0 Å². The van der Waals surface area contributed by atoms with Crippen LogP contribution >= 0.6 is 0 Å². The Labute approximate surface area is 106 Å². The lowest BCUT2D eigenvalue weighted by molar-refractivity contribution is 0.101. The molecule has 0 bridgehead atoms. The molecule has 0 fully saturated rings. The molecule has 0 unspecified atom stereocenters. The summed E-state index contributed by atoms with van der Waals surface area (Å²) in [5.41, 5.74) is 1.41. The fraction of sp³-hybridized carbons (Fsp3) is 0. The molecular weight excluding hydrogens is 248 g/mol. The van der Waals surface area contributed by atoms with Gasteiger partial charge in [-0.05, 0) is 29.5 Å². The standard InChI is InChI=1S/C10H8N8O/c19-10(9-14-16-17-15-9)13-7-1-3-8(4-2-7)18-11-5-6-12-18/h1-6H,(H,13,19)(H,14,15,16,17). The number of tetrazole rings is 1. The van der Waals surface area contributed by atoms with Crippen LogP contribution in [0.4, 0.5) is 5.69 Å². The number of amides is 1. The van der Waals surface area contributed by atoms with Gasteiger partial charge in [-0.2, -0.15) is 20.2 Å². The van der Waals surface area contributed by atoms with Crippen molar-refractivity contribution in [2.45, 2.75) is 0 Å². The Bertz CT molecular complexity index is 658. The highest BCUT2D eigenvalue weighted by atomic mass is 16.2. The number of hydrogen-bond donors (Lipinski definition) is 2. The highest BCUT2D eigenvalue weighted by molar-refractivity contribution is 6.01. The van der Waals surface area contributed by atoms with E-state index in [1.165, 1.54) is 4.80 Å². The maximum atomic E-state index is 11.7. The zero-order valence-electron chi connectivity index (χ0n) is 9.56. The lowest BCUT2D eigenvalue weighted by atomic mass is 10.3. The van der Waals surface area contributed by atoms with Crippen LogP contribution in [0.1, 0.15) is 10.6 Å². The second-order valence-corrected chi connectivity index (χ2v) is 3.55. The summed E-state index contributed by atoms with van der Waals surface area (Å²) < 4.78 is 0. The minimum Gasteiger partial charge on any atom is -0.319 e. The van der Waals surface area contributed by atoms with Gasteiger partial charge in [-0.15, -0.1) is 10.2 Å².